The predicted molar refractivity (Wildman–Crippen MR) is 152 cm³/mol. The van der Waals surface area contributed by atoms with E-state index < -0.39 is 0 Å². The monoisotopic (exact) mass is 583 g/mol. The van der Waals surface area contributed by atoms with Gasteiger partial charge in [0.05, 0.1) is 67.2 Å². The minimum atomic E-state index is -0.284. The zero-order valence-corrected chi connectivity index (χ0v) is 23.4. The molecule has 2 aliphatic rings. The van der Waals surface area contributed by atoms with Crippen LogP contribution in [0.1, 0.15) is 6.42 Å². The molecule has 11 nitrogen and oxygen atoms in total. The van der Waals surface area contributed by atoms with E-state index in [-0.39, 0.29) is 34.0 Å². The van der Waals surface area contributed by atoms with Gasteiger partial charge in [-0.2, -0.15) is 5.26 Å². The molecule has 0 radical (unpaired) electrons. The highest BCUT2D eigenvalue weighted by atomic mass is 35.5. The van der Waals surface area contributed by atoms with Crippen LogP contribution in [-0.2, 0) is 9.53 Å². The number of amides is 1. The molecule has 0 bridgehead atoms. The van der Waals surface area contributed by atoms with Crippen LogP contribution >= 0.6 is 23.2 Å². The smallest absolute Gasteiger partial charge is 0.243 e. The average Bonchev–Trinajstić information content (AvgIpc) is 3.62. The number of nitriles is 1. The molecule has 2 N–H and O–H groups in total. The maximum Gasteiger partial charge on any atom is 0.243 e. The first-order valence-corrected chi connectivity index (χ1v) is 13.3. The molecule has 5 rings (SSSR count). The first-order valence-electron chi connectivity index (χ1n) is 12.6. The molecule has 40 heavy (non-hydrogen) atoms. The molecule has 1 amide bonds. The fraction of sp³-hybridized carbons (Fsp3) is 0.370. The Balaban J connectivity index is 1.60. The van der Waals surface area contributed by atoms with Crippen molar-refractivity contribution in [3.63, 3.8) is 0 Å². The van der Waals surface area contributed by atoms with Crippen molar-refractivity contribution in [2.75, 3.05) is 50.7 Å². The maximum absolute atomic E-state index is 11.8. The summed E-state index contributed by atoms with van der Waals surface area (Å²) >= 11 is 13.4. The largest absolute Gasteiger partial charge is 0.495 e. The molecular weight excluding hydrogens is 557 g/mol. The number of ether oxygens (including phenoxy) is 3. The van der Waals surface area contributed by atoms with Crippen LogP contribution < -0.4 is 25.0 Å². The number of benzene rings is 1. The number of anilines is 2. The van der Waals surface area contributed by atoms with Gasteiger partial charge in [-0.25, -0.2) is 15.0 Å². The fourth-order valence-electron chi connectivity index (χ4n) is 4.86. The van der Waals surface area contributed by atoms with Crippen molar-refractivity contribution in [1.29, 1.82) is 5.26 Å². The SMILES string of the molecule is C=CC(=O)N[C@H]1COC[C@H]1Nc1ncc2cc(-c3c(Cl)c(OC)cc(OC)c3Cl)nc(N3CCC(C#N)C3)c2n1. The van der Waals surface area contributed by atoms with E-state index in [0.717, 1.165) is 0 Å². The van der Waals surface area contributed by atoms with Crippen LogP contribution in [0.3, 0.4) is 0 Å². The Hall–Kier alpha value is -3.85. The molecule has 2 saturated heterocycles. The lowest BCUT2D eigenvalue weighted by molar-refractivity contribution is -0.117. The highest BCUT2D eigenvalue weighted by Gasteiger charge is 2.31. The van der Waals surface area contributed by atoms with Gasteiger partial charge in [0, 0.05) is 36.3 Å². The van der Waals surface area contributed by atoms with Crippen molar-refractivity contribution in [1.82, 2.24) is 20.3 Å². The number of hydrogen-bond acceptors (Lipinski definition) is 10. The number of rotatable bonds is 8. The molecule has 0 aliphatic carbocycles. The normalized spacial score (nSPS) is 20.3. The third-order valence-electron chi connectivity index (χ3n) is 6.96. The number of hydrogen-bond donors (Lipinski definition) is 2. The van der Waals surface area contributed by atoms with E-state index in [1.165, 1.54) is 20.3 Å². The van der Waals surface area contributed by atoms with Gasteiger partial charge < -0.3 is 29.7 Å². The highest BCUT2D eigenvalue weighted by Crippen LogP contribution is 2.46. The predicted octanol–water partition coefficient (Wildman–Crippen LogP) is 3.85. The van der Waals surface area contributed by atoms with Crippen molar-refractivity contribution in [2.24, 2.45) is 5.92 Å². The molecule has 0 saturated carbocycles. The average molecular weight is 584 g/mol. The van der Waals surface area contributed by atoms with Crippen LogP contribution in [0.25, 0.3) is 22.2 Å². The van der Waals surface area contributed by atoms with Gasteiger partial charge in [-0.05, 0) is 18.6 Å². The Kier molecular flexibility index (Phi) is 8.12. The van der Waals surface area contributed by atoms with E-state index in [2.05, 4.69) is 28.3 Å². The summed E-state index contributed by atoms with van der Waals surface area (Å²) in [5.41, 5.74) is 1.52. The van der Waals surface area contributed by atoms with E-state index in [1.54, 1.807) is 18.3 Å². The van der Waals surface area contributed by atoms with Crippen LogP contribution in [0.5, 0.6) is 11.5 Å². The van der Waals surface area contributed by atoms with Crippen LogP contribution in [0, 0.1) is 17.2 Å². The van der Waals surface area contributed by atoms with E-state index in [0.29, 0.717) is 78.1 Å². The molecule has 2 aliphatic heterocycles. The Morgan fingerprint density at radius 1 is 1.20 bits per heavy atom. The summed E-state index contributed by atoms with van der Waals surface area (Å²) in [6, 6.07) is 5.25. The van der Waals surface area contributed by atoms with E-state index in [9.17, 15) is 10.1 Å². The van der Waals surface area contributed by atoms with Crippen molar-refractivity contribution < 1.29 is 19.0 Å². The molecule has 1 unspecified atom stereocenters. The summed E-state index contributed by atoms with van der Waals surface area (Å²) in [4.78, 5) is 28.2. The van der Waals surface area contributed by atoms with Crippen molar-refractivity contribution >= 4 is 51.8 Å². The lowest BCUT2D eigenvalue weighted by Crippen LogP contribution is -2.45. The highest BCUT2D eigenvalue weighted by molar-refractivity contribution is 6.41. The molecule has 0 spiro atoms. The summed E-state index contributed by atoms with van der Waals surface area (Å²) in [5.74, 6) is 1.29. The van der Waals surface area contributed by atoms with Crippen LogP contribution in [0.15, 0.2) is 31.0 Å². The lowest BCUT2D eigenvalue weighted by Gasteiger charge is -2.22. The van der Waals surface area contributed by atoms with E-state index in [1.807, 2.05) is 4.90 Å². The van der Waals surface area contributed by atoms with Gasteiger partial charge in [-0.3, -0.25) is 4.79 Å². The number of halogens is 2. The van der Waals surface area contributed by atoms with E-state index in [4.69, 9.17) is 47.4 Å². The molecule has 1 aromatic carbocycles. The molecular formula is C27H27Cl2N7O4. The van der Waals surface area contributed by atoms with Crippen LogP contribution in [0.4, 0.5) is 11.8 Å². The molecule has 4 heterocycles. The fourth-order valence-corrected chi connectivity index (χ4v) is 5.55. The standard InChI is InChI=1S/C27H27Cl2N7O4/c1-4-21(37)32-17-12-40-13-18(17)34-27-31-10-15-7-16(22-23(28)19(38-2)8-20(39-3)24(22)29)33-26(25(15)35-27)36-6-5-14(9-30)11-36/h4,7-8,10,14,17-18H,1,5-6,11-13H2,2-3H3,(H,32,37)(H,31,34,35)/t14?,17-,18+/m0/s1. The lowest BCUT2D eigenvalue weighted by atomic mass is 10.1. The number of aromatic nitrogens is 3. The third-order valence-corrected chi connectivity index (χ3v) is 7.71. The molecule has 3 atom stereocenters. The minimum Gasteiger partial charge on any atom is -0.495 e. The maximum atomic E-state index is 11.8. The molecule has 13 heteroatoms. The number of carbonyl (C=O) groups excluding carboxylic acids is 1. The summed E-state index contributed by atoms with van der Waals surface area (Å²) in [5, 5.41) is 16.9. The number of nitrogens with zero attached hydrogens (tertiary/aromatic N) is 5. The molecule has 2 fully saturated rings. The van der Waals surface area contributed by atoms with Gasteiger partial charge in [0.1, 0.15) is 17.0 Å². The molecule has 208 valence electrons. The minimum absolute atomic E-state index is 0.131. The summed E-state index contributed by atoms with van der Waals surface area (Å²) in [6.45, 7) is 5.37. The Bertz CT molecular complexity index is 1480. The number of methoxy groups -OCH3 is 2. The van der Waals surface area contributed by atoms with Gasteiger partial charge in [-0.15, -0.1) is 0 Å². The molecule has 2 aromatic heterocycles. The number of nitrogens with one attached hydrogen (secondary N) is 2. The first kappa shape index (κ1) is 27.7. The van der Waals surface area contributed by atoms with Gasteiger partial charge in [0.15, 0.2) is 5.82 Å². The first-order chi connectivity index (χ1) is 19.4. The summed E-state index contributed by atoms with van der Waals surface area (Å²) < 4.78 is 16.5. The van der Waals surface area contributed by atoms with Crippen LogP contribution in [0.2, 0.25) is 10.0 Å². The van der Waals surface area contributed by atoms with Gasteiger partial charge in [0.25, 0.3) is 0 Å². The second kappa shape index (κ2) is 11.7. The third kappa shape index (κ3) is 5.30. The second-order valence-corrected chi connectivity index (χ2v) is 10.2. The summed E-state index contributed by atoms with van der Waals surface area (Å²) in [6.07, 6.45) is 3.61. The van der Waals surface area contributed by atoms with Gasteiger partial charge in [-0.1, -0.05) is 29.8 Å². The molecule has 3 aromatic rings. The topological polar surface area (TPSA) is 135 Å². The zero-order valence-electron chi connectivity index (χ0n) is 21.9. The van der Waals surface area contributed by atoms with Gasteiger partial charge in [0.2, 0.25) is 11.9 Å². The Morgan fingerprint density at radius 3 is 2.58 bits per heavy atom. The Labute approximate surface area is 241 Å². The van der Waals surface area contributed by atoms with Crippen LogP contribution in [-0.4, -0.2) is 73.5 Å². The van der Waals surface area contributed by atoms with Crippen molar-refractivity contribution in [3.8, 4) is 28.8 Å². The second-order valence-electron chi connectivity index (χ2n) is 9.41. The zero-order chi connectivity index (χ0) is 28.4. The quantitative estimate of drug-likeness (QED) is 0.376. The number of carbonyl (C=O) groups is 1. The van der Waals surface area contributed by atoms with E-state index >= 15 is 0 Å². The van der Waals surface area contributed by atoms with Crippen molar-refractivity contribution in [3.05, 3.63) is 41.0 Å². The number of fused-ring (bicyclic) bond motifs is 1. The summed E-state index contributed by atoms with van der Waals surface area (Å²) in [7, 11) is 3.02. The van der Waals surface area contributed by atoms with Gasteiger partial charge >= 0.3 is 0 Å². The Morgan fingerprint density at radius 2 is 1.93 bits per heavy atom. The number of pyridine rings is 1. The van der Waals surface area contributed by atoms with Crippen molar-refractivity contribution in [2.45, 2.75) is 18.5 Å².